The van der Waals surface area contributed by atoms with E-state index in [9.17, 15) is 4.79 Å². The maximum Gasteiger partial charge on any atom is 0.224 e. The fourth-order valence-corrected chi connectivity index (χ4v) is 1.61. The van der Waals surface area contributed by atoms with Gasteiger partial charge in [-0.2, -0.15) is 0 Å². The molecule has 0 radical (unpaired) electrons. The zero-order valence-electron chi connectivity index (χ0n) is 9.07. The van der Waals surface area contributed by atoms with Crippen molar-refractivity contribution in [3.8, 4) is 0 Å². The van der Waals surface area contributed by atoms with Gasteiger partial charge in [-0.25, -0.2) is 0 Å². The molecule has 3 nitrogen and oxygen atoms in total. The number of hydrogen-bond acceptors (Lipinski definition) is 2. The van der Waals surface area contributed by atoms with Gasteiger partial charge in [0, 0.05) is 5.69 Å². The highest BCUT2D eigenvalue weighted by molar-refractivity contribution is 5.82. The average Bonchev–Trinajstić information content (AvgIpc) is 2.21. The number of rotatable bonds is 5. The van der Waals surface area contributed by atoms with Crippen LogP contribution < -0.4 is 11.5 Å². The number of unbranched alkanes of at least 4 members (excludes halogenated alkanes) is 1. The van der Waals surface area contributed by atoms with Crippen molar-refractivity contribution in [2.24, 2.45) is 5.73 Å². The molecule has 1 atom stereocenters. The van der Waals surface area contributed by atoms with E-state index in [0.29, 0.717) is 5.69 Å². The molecule has 1 aromatic carbocycles. The van der Waals surface area contributed by atoms with Crippen LogP contribution in [0, 0.1) is 0 Å². The van der Waals surface area contributed by atoms with Crippen LogP contribution in [0.2, 0.25) is 0 Å². The molecule has 0 aromatic heterocycles. The Bertz CT molecular complexity index is 319. The van der Waals surface area contributed by atoms with Crippen molar-refractivity contribution in [3.63, 3.8) is 0 Å². The zero-order valence-corrected chi connectivity index (χ0v) is 9.07. The summed E-state index contributed by atoms with van der Waals surface area (Å²) in [4.78, 5) is 11.3. The van der Waals surface area contributed by atoms with Crippen LogP contribution in [0.5, 0.6) is 0 Å². The fourth-order valence-electron chi connectivity index (χ4n) is 1.61. The van der Waals surface area contributed by atoms with E-state index in [0.717, 1.165) is 24.8 Å². The molecule has 0 bridgehead atoms. The summed E-state index contributed by atoms with van der Waals surface area (Å²) in [7, 11) is 0. The number of carbonyl (C=O) groups is 1. The number of amides is 1. The summed E-state index contributed by atoms with van der Waals surface area (Å²) in [5, 5.41) is 0. The topological polar surface area (TPSA) is 69.1 Å². The summed E-state index contributed by atoms with van der Waals surface area (Å²) in [5.74, 6) is -0.432. The molecule has 3 heteroatoms. The summed E-state index contributed by atoms with van der Waals surface area (Å²) in [6, 6.07) is 7.36. The minimum absolute atomic E-state index is 0.175. The highest BCUT2D eigenvalue weighted by atomic mass is 16.1. The second kappa shape index (κ2) is 5.39. The first-order chi connectivity index (χ1) is 7.15. The van der Waals surface area contributed by atoms with Crippen LogP contribution in [0.1, 0.15) is 37.7 Å². The van der Waals surface area contributed by atoms with Crippen LogP contribution in [0.3, 0.4) is 0 Å². The summed E-state index contributed by atoms with van der Waals surface area (Å²) in [6.07, 6.45) is 2.90. The molecule has 0 fully saturated rings. The first kappa shape index (κ1) is 11.6. The standard InChI is InChI=1S/C12H18N2O/c1-2-3-4-11(12(14)15)9-5-7-10(13)8-6-9/h5-8,11H,2-4,13H2,1H3,(H2,14,15). The van der Waals surface area contributed by atoms with E-state index in [4.69, 9.17) is 11.5 Å². The highest BCUT2D eigenvalue weighted by Gasteiger charge is 2.16. The number of carbonyl (C=O) groups excluding carboxylic acids is 1. The second-order valence-corrected chi connectivity index (χ2v) is 3.76. The normalized spacial score (nSPS) is 12.3. The molecule has 0 aliphatic heterocycles. The third kappa shape index (κ3) is 3.27. The molecule has 1 rings (SSSR count). The Morgan fingerprint density at radius 2 is 1.93 bits per heavy atom. The smallest absolute Gasteiger partial charge is 0.224 e. The van der Waals surface area contributed by atoms with Crippen LogP contribution >= 0.6 is 0 Å². The van der Waals surface area contributed by atoms with Crippen molar-refractivity contribution < 1.29 is 4.79 Å². The van der Waals surface area contributed by atoms with E-state index >= 15 is 0 Å². The lowest BCUT2D eigenvalue weighted by Gasteiger charge is -2.13. The van der Waals surface area contributed by atoms with Gasteiger partial charge in [-0.15, -0.1) is 0 Å². The Balaban J connectivity index is 2.79. The number of nitrogens with two attached hydrogens (primary N) is 2. The van der Waals surface area contributed by atoms with Crippen molar-refractivity contribution in [2.45, 2.75) is 32.1 Å². The molecule has 0 spiro atoms. The predicted octanol–water partition coefficient (Wildman–Crippen LogP) is 2.03. The third-order valence-corrected chi connectivity index (χ3v) is 2.53. The van der Waals surface area contributed by atoms with Crippen LogP contribution in [0.4, 0.5) is 5.69 Å². The molecular weight excluding hydrogens is 188 g/mol. The molecule has 0 aliphatic carbocycles. The molecular formula is C12H18N2O. The maximum absolute atomic E-state index is 11.3. The third-order valence-electron chi connectivity index (χ3n) is 2.53. The summed E-state index contributed by atoms with van der Waals surface area (Å²) < 4.78 is 0. The minimum atomic E-state index is -0.256. The Morgan fingerprint density at radius 3 is 2.40 bits per heavy atom. The molecule has 1 amide bonds. The van der Waals surface area contributed by atoms with Gasteiger partial charge in [-0.1, -0.05) is 31.9 Å². The Kier molecular flexibility index (Phi) is 4.16. The lowest BCUT2D eigenvalue weighted by atomic mass is 9.93. The zero-order chi connectivity index (χ0) is 11.3. The van der Waals surface area contributed by atoms with Gasteiger partial charge in [-0.3, -0.25) is 4.79 Å². The molecule has 15 heavy (non-hydrogen) atoms. The van der Waals surface area contributed by atoms with Crippen LogP contribution in [0.15, 0.2) is 24.3 Å². The second-order valence-electron chi connectivity index (χ2n) is 3.76. The van der Waals surface area contributed by atoms with E-state index in [1.165, 1.54) is 0 Å². The van der Waals surface area contributed by atoms with Crippen molar-refractivity contribution in [2.75, 3.05) is 5.73 Å². The van der Waals surface area contributed by atoms with E-state index in [2.05, 4.69) is 6.92 Å². The number of hydrogen-bond donors (Lipinski definition) is 2. The first-order valence-corrected chi connectivity index (χ1v) is 5.30. The molecule has 0 aliphatic rings. The van der Waals surface area contributed by atoms with Crippen LogP contribution in [-0.2, 0) is 4.79 Å². The van der Waals surface area contributed by atoms with Crippen molar-refractivity contribution in [1.29, 1.82) is 0 Å². The molecule has 0 heterocycles. The van der Waals surface area contributed by atoms with Gasteiger partial charge in [0.25, 0.3) is 0 Å². The Labute approximate surface area is 90.5 Å². The first-order valence-electron chi connectivity index (χ1n) is 5.30. The van der Waals surface area contributed by atoms with E-state index in [-0.39, 0.29) is 11.8 Å². The number of primary amides is 1. The average molecular weight is 206 g/mol. The van der Waals surface area contributed by atoms with Crippen molar-refractivity contribution in [3.05, 3.63) is 29.8 Å². The van der Waals surface area contributed by atoms with E-state index < -0.39 is 0 Å². The molecule has 1 aromatic rings. The van der Waals surface area contributed by atoms with Crippen LogP contribution in [-0.4, -0.2) is 5.91 Å². The highest BCUT2D eigenvalue weighted by Crippen LogP contribution is 2.22. The summed E-state index contributed by atoms with van der Waals surface area (Å²) >= 11 is 0. The van der Waals surface area contributed by atoms with Crippen molar-refractivity contribution >= 4 is 11.6 Å². The van der Waals surface area contributed by atoms with Crippen LogP contribution in [0.25, 0.3) is 0 Å². The fraction of sp³-hybridized carbons (Fsp3) is 0.417. The predicted molar refractivity (Wildman–Crippen MR) is 62.3 cm³/mol. The van der Waals surface area contributed by atoms with Crippen molar-refractivity contribution in [1.82, 2.24) is 0 Å². The summed E-state index contributed by atoms with van der Waals surface area (Å²) in [6.45, 7) is 2.10. The lowest BCUT2D eigenvalue weighted by Crippen LogP contribution is -2.21. The van der Waals surface area contributed by atoms with Gasteiger partial charge in [0.15, 0.2) is 0 Å². The Morgan fingerprint density at radius 1 is 1.33 bits per heavy atom. The Hall–Kier alpha value is -1.51. The molecule has 4 N–H and O–H groups in total. The van der Waals surface area contributed by atoms with Gasteiger partial charge < -0.3 is 11.5 Å². The summed E-state index contributed by atoms with van der Waals surface area (Å²) in [5.41, 5.74) is 12.6. The van der Waals surface area contributed by atoms with Gasteiger partial charge in [0.1, 0.15) is 0 Å². The maximum atomic E-state index is 11.3. The van der Waals surface area contributed by atoms with E-state index in [1.807, 2.05) is 12.1 Å². The van der Waals surface area contributed by atoms with E-state index in [1.54, 1.807) is 12.1 Å². The quantitative estimate of drug-likeness (QED) is 0.724. The van der Waals surface area contributed by atoms with Gasteiger partial charge in [0.2, 0.25) is 5.91 Å². The van der Waals surface area contributed by atoms with Gasteiger partial charge >= 0.3 is 0 Å². The molecule has 0 saturated heterocycles. The van der Waals surface area contributed by atoms with Gasteiger partial charge in [-0.05, 0) is 24.1 Å². The molecule has 0 saturated carbocycles. The molecule has 1 unspecified atom stereocenters. The number of nitrogen functional groups attached to an aromatic ring is 1. The number of anilines is 1. The largest absolute Gasteiger partial charge is 0.399 e. The number of benzene rings is 1. The lowest BCUT2D eigenvalue weighted by molar-refractivity contribution is -0.119. The molecule has 82 valence electrons. The SMILES string of the molecule is CCCCC(C(N)=O)c1ccc(N)cc1. The van der Waals surface area contributed by atoms with Gasteiger partial charge in [0.05, 0.1) is 5.92 Å². The minimum Gasteiger partial charge on any atom is -0.399 e. The monoisotopic (exact) mass is 206 g/mol.